The van der Waals surface area contributed by atoms with Crippen molar-refractivity contribution < 1.29 is 63.5 Å². The van der Waals surface area contributed by atoms with Crippen molar-refractivity contribution in [2.45, 2.75) is 163 Å². The minimum atomic E-state index is -3.90. The SMILES string of the molecule is CC(=O)c1ccc(S(=O)(=O)NC(C)(C)C(=O)CC2C3CC4CC2CC(O)(C4)C3)cc1.CC(C)(NS(=O)(=O)c1ccc(C(C)(C)O)cc1)C(=O)CC1C2CC3CC1CC(O)(C3)C2.[Br-].[CH3-].[Mg+2]. The van der Waals surface area contributed by atoms with Crippen molar-refractivity contribution in [2.24, 2.45) is 47.3 Å². The standard InChI is InChI=1S/C24H35NO5S.C23H31NO5S.CH3.BrH.Mg/c1-22(2,25-31(29,30)19-7-5-18(6-8-19)23(3,4)27)21(26)11-20-16-9-15-10-17(20)14-24(28,12-15)13-16;1-14(25)16-4-6-19(7-5-16)30(28,29)24-22(2,3)21(26)10-20-17-8-15-9-18(20)13-23(27,11-15)12-17;;;/h5-8,15-17,20,25,27-28H,9-14H2,1-4H3;4-7,15,17-18,20,24,27H,8-13H2,1-3H3;1H3;1H;/q;;-1;;+2/p-1. The molecule has 2 aromatic carbocycles. The summed E-state index contributed by atoms with van der Waals surface area (Å²) in [5.41, 5.74) is -3.54. The molecular weight excluding hydrogens is 933 g/mol. The van der Waals surface area contributed by atoms with Crippen molar-refractivity contribution in [2.75, 3.05) is 0 Å². The second-order valence-electron chi connectivity index (χ2n) is 21.6. The Labute approximate surface area is 408 Å². The molecule has 64 heavy (non-hydrogen) atoms. The number of aliphatic hydroxyl groups is 3. The van der Waals surface area contributed by atoms with Crippen LogP contribution in [0.15, 0.2) is 58.3 Å². The average Bonchev–Trinajstić information content (AvgIpc) is 3.12. The maximum absolute atomic E-state index is 13.2. The number of rotatable bonds is 14. The van der Waals surface area contributed by atoms with Crippen LogP contribution >= 0.6 is 0 Å². The molecule has 8 aliphatic rings. The molecule has 8 bridgehead atoms. The van der Waals surface area contributed by atoms with Crippen LogP contribution in [0.5, 0.6) is 0 Å². The Morgan fingerprint density at radius 2 is 0.922 bits per heavy atom. The Hall–Kier alpha value is -1.60. The van der Waals surface area contributed by atoms with Crippen molar-refractivity contribution in [1.29, 1.82) is 0 Å². The number of carbonyl (C=O) groups is 3. The summed E-state index contributed by atoms with van der Waals surface area (Å²) in [6, 6.07) is 11.8. The molecule has 16 heteroatoms. The van der Waals surface area contributed by atoms with Crippen LogP contribution in [0, 0.1) is 54.8 Å². The van der Waals surface area contributed by atoms with Gasteiger partial charge in [-0.3, -0.25) is 14.4 Å². The molecule has 0 aromatic heterocycles. The number of ketones is 3. The van der Waals surface area contributed by atoms with Crippen molar-refractivity contribution in [3.63, 3.8) is 0 Å². The Kier molecular flexibility index (Phi) is 16.7. The van der Waals surface area contributed by atoms with Gasteiger partial charge in [-0.1, -0.05) is 24.3 Å². The molecule has 352 valence electrons. The van der Waals surface area contributed by atoms with E-state index < -0.39 is 47.9 Å². The molecule has 0 aliphatic heterocycles. The third-order valence-corrected chi connectivity index (χ3v) is 18.7. The number of hydrogen-bond donors (Lipinski definition) is 5. The van der Waals surface area contributed by atoms with Gasteiger partial charge in [-0.15, -0.1) is 0 Å². The Balaban J connectivity index is 0.000000268. The van der Waals surface area contributed by atoms with E-state index in [1.807, 2.05) is 0 Å². The molecule has 8 aliphatic carbocycles. The van der Waals surface area contributed by atoms with Crippen LogP contribution < -0.4 is 26.4 Å². The van der Waals surface area contributed by atoms with E-state index in [-0.39, 0.29) is 86.4 Å². The van der Waals surface area contributed by atoms with Gasteiger partial charge in [0.05, 0.1) is 37.7 Å². The van der Waals surface area contributed by atoms with Gasteiger partial charge < -0.3 is 39.7 Å². The van der Waals surface area contributed by atoms with Crippen LogP contribution in [0.3, 0.4) is 0 Å². The maximum atomic E-state index is 13.2. The van der Waals surface area contributed by atoms with Gasteiger partial charge in [-0.25, -0.2) is 16.8 Å². The summed E-state index contributed by atoms with van der Waals surface area (Å²) in [6.07, 6.45) is 9.90. The zero-order valence-electron chi connectivity index (χ0n) is 38.8. The molecule has 5 N–H and O–H groups in total. The van der Waals surface area contributed by atoms with E-state index in [4.69, 9.17) is 0 Å². The van der Waals surface area contributed by atoms with E-state index in [1.165, 1.54) is 43.3 Å². The van der Waals surface area contributed by atoms with Crippen LogP contribution in [0.4, 0.5) is 0 Å². The molecule has 8 fully saturated rings. The summed E-state index contributed by atoms with van der Waals surface area (Å²) < 4.78 is 56.7. The van der Waals surface area contributed by atoms with E-state index in [0.29, 0.717) is 59.5 Å². The Morgan fingerprint density at radius 1 is 0.609 bits per heavy atom. The minimum absolute atomic E-state index is 0. The molecule has 0 heterocycles. The molecule has 0 spiro atoms. The van der Waals surface area contributed by atoms with E-state index in [9.17, 15) is 46.5 Å². The van der Waals surface area contributed by atoms with Crippen LogP contribution in [-0.2, 0) is 35.2 Å². The first kappa shape index (κ1) is 55.0. The fourth-order valence-electron chi connectivity index (χ4n) is 12.6. The number of benzene rings is 2. The Morgan fingerprint density at radius 3 is 1.20 bits per heavy atom. The summed E-state index contributed by atoms with van der Waals surface area (Å²) in [4.78, 5) is 37.9. The molecule has 4 unspecified atom stereocenters. The number of halogens is 1. The van der Waals surface area contributed by atoms with Crippen molar-refractivity contribution >= 4 is 60.4 Å². The van der Waals surface area contributed by atoms with Gasteiger partial charge in [-0.2, -0.15) is 9.44 Å². The number of hydrogen-bond acceptors (Lipinski definition) is 10. The topological polar surface area (TPSA) is 204 Å². The predicted molar refractivity (Wildman–Crippen MR) is 242 cm³/mol. The Bertz CT molecular complexity index is 2230. The van der Waals surface area contributed by atoms with Crippen LogP contribution in [0.2, 0.25) is 0 Å². The zero-order chi connectivity index (χ0) is 44.7. The summed E-state index contributed by atoms with van der Waals surface area (Å²) in [5.74, 6) is 2.70. The first-order valence-corrected chi connectivity index (χ1v) is 25.1. The summed E-state index contributed by atoms with van der Waals surface area (Å²) >= 11 is 0. The molecule has 4 atom stereocenters. The quantitative estimate of drug-likeness (QED) is 0.106. The van der Waals surface area contributed by atoms with Gasteiger partial charge in [0.2, 0.25) is 20.0 Å². The average molecular weight is 1000 g/mol. The predicted octanol–water partition coefficient (Wildman–Crippen LogP) is 3.28. The normalized spacial score (nSPS) is 31.4. The first-order chi connectivity index (χ1) is 28.1. The van der Waals surface area contributed by atoms with Crippen LogP contribution in [0.25, 0.3) is 0 Å². The third kappa shape index (κ3) is 11.8. The number of nitrogens with one attached hydrogen (secondary N) is 2. The fraction of sp³-hybridized carbons (Fsp3) is 0.667. The number of carbonyl (C=O) groups excluding carboxylic acids is 3. The smallest absolute Gasteiger partial charge is 1.00 e. The van der Waals surface area contributed by atoms with Gasteiger partial charge in [0.15, 0.2) is 17.3 Å². The van der Waals surface area contributed by atoms with Crippen molar-refractivity contribution in [3.8, 4) is 0 Å². The molecule has 0 saturated heterocycles. The summed E-state index contributed by atoms with van der Waals surface area (Å²) in [7, 11) is -7.79. The van der Waals surface area contributed by atoms with E-state index >= 15 is 0 Å². The molecule has 0 radical (unpaired) electrons. The van der Waals surface area contributed by atoms with E-state index in [0.717, 1.165) is 64.2 Å². The second kappa shape index (κ2) is 19.4. The number of Topliss-reactive ketones (excluding diaryl/α,β-unsaturated/α-hetero) is 3. The fourth-order valence-corrected chi connectivity index (χ4v) is 15.4. The van der Waals surface area contributed by atoms with Crippen molar-refractivity contribution in [3.05, 3.63) is 67.1 Å². The molecule has 0 amide bonds. The molecule has 12 nitrogen and oxygen atoms in total. The molecule has 8 saturated carbocycles. The zero-order valence-corrected chi connectivity index (χ0v) is 43.5. The van der Waals surface area contributed by atoms with Gasteiger partial charge in [0, 0.05) is 18.4 Å². The van der Waals surface area contributed by atoms with Gasteiger partial charge in [0.25, 0.3) is 0 Å². The van der Waals surface area contributed by atoms with E-state index in [2.05, 4.69) is 9.44 Å². The molecule has 2 aromatic rings. The largest absolute Gasteiger partial charge is 2.00 e. The van der Waals surface area contributed by atoms with Gasteiger partial charge >= 0.3 is 23.1 Å². The number of sulfonamides is 2. The van der Waals surface area contributed by atoms with Crippen LogP contribution in [0.1, 0.15) is 141 Å². The second-order valence-corrected chi connectivity index (χ2v) is 25.0. The first-order valence-electron chi connectivity index (χ1n) is 22.1. The summed E-state index contributed by atoms with van der Waals surface area (Å²) in [6.45, 7) is 11.2. The summed E-state index contributed by atoms with van der Waals surface area (Å²) in [5, 5.41) is 31.6. The van der Waals surface area contributed by atoms with Gasteiger partial charge in [0.1, 0.15) is 0 Å². The maximum Gasteiger partial charge on any atom is 2.00 e. The monoisotopic (exact) mass is 1000 g/mol. The van der Waals surface area contributed by atoms with Gasteiger partial charge in [-0.05, 0) is 190 Å². The molecular formula is C48H69BrMgN2O10S2. The minimum Gasteiger partial charge on any atom is -1.00 e. The molecule has 10 rings (SSSR count). The van der Waals surface area contributed by atoms with E-state index in [1.54, 1.807) is 53.7 Å². The van der Waals surface area contributed by atoms with Crippen LogP contribution in [-0.4, -0.2) is 94.8 Å². The third-order valence-electron chi connectivity index (χ3n) is 15.3. The van der Waals surface area contributed by atoms with Crippen molar-refractivity contribution in [1.82, 2.24) is 9.44 Å².